The van der Waals surface area contributed by atoms with E-state index >= 15 is 0 Å². The number of anilines is 1. The molecule has 1 aliphatic carbocycles. The van der Waals surface area contributed by atoms with E-state index in [-0.39, 0.29) is 23.2 Å². The van der Waals surface area contributed by atoms with Crippen molar-refractivity contribution < 1.29 is 19.5 Å². The van der Waals surface area contributed by atoms with Crippen molar-refractivity contribution in [2.45, 2.75) is 50.7 Å². The minimum absolute atomic E-state index is 0.0309. The Morgan fingerprint density at radius 3 is 2.52 bits per heavy atom. The third kappa shape index (κ3) is 4.14. The number of aromatic carboxylic acids is 1. The van der Waals surface area contributed by atoms with Crippen LogP contribution in [0.4, 0.5) is 5.82 Å². The van der Waals surface area contributed by atoms with Crippen LogP contribution in [0.2, 0.25) is 5.02 Å². The van der Waals surface area contributed by atoms with Gasteiger partial charge in [0.15, 0.2) is 17.1 Å². The fraction of sp³-hybridized carbons (Fsp3) is 0.444. The zero-order valence-electron chi connectivity index (χ0n) is 13.7. The summed E-state index contributed by atoms with van der Waals surface area (Å²) in [6.07, 6.45) is 5.13. The Bertz CT molecular complexity index is 729. The van der Waals surface area contributed by atoms with Gasteiger partial charge in [0.2, 0.25) is 0 Å². The van der Waals surface area contributed by atoms with Crippen LogP contribution in [0, 0.1) is 0 Å². The lowest BCUT2D eigenvalue weighted by atomic mass is 9.94. The summed E-state index contributed by atoms with van der Waals surface area (Å²) in [5.74, 6) is -0.803. The molecule has 1 aromatic heterocycles. The summed E-state index contributed by atoms with van der Waals surface area (Å²) in [4.78, 5) is 11.8. The molecule has 6 nitrogen and oxygen atoms in total. The van der Waals surface area contributed by atoms with E-state index in [9.17, 15) is 15.0 Å². The van der Waals surface area contributed by atoms with Crippen molar-refractivity contribution in [3.63, 3.8) is 0 Å². The van der Waals surface area contributed by atoms with Gasteiger partial charge in [-0.25, -0.2) is 4.79 Å². The van der Waals surface area contributed by atoms with Gasteiger partial charge in [-0.1, -0.05) is 42.4 Å². The Balaban J connectivity index is 1.88. The van der Waals surface area contributed by atoms with Gasteiger partial charge in [0, 0.05) is 10.6 Å². The predicted octanol–water partition coefficient (Wildman–Crippen LogP) is 4.19. The van der Waals surface area contributed by atoms with Crippen LogP contribution >= 0.6 is 11.6 Å². The van der Waals surface area contributed by atoms with Gasteiger partial charge < -0.3 is 20.1 Å². The van der Waals surface area contributed by atoms with Gasteiger partial charge in [-0.05, 0) is 37.1 Å². The van der Waals surface area contributed by atoms with Crippen LogP contribution < -0.4 is 5.32 Å². The van der Waals surface area contributed by atoms with Gasteiger partial charge in [-0.2, -0.15) is 0 Å². The molecular weight excluding hydrogens is 344 g/mol. The fourth-order valence-corrected chi connectivity index (χ4v) is 3.32. The first-order valence-corrected chi connectivity index (χ1v) is 8.87. The molecule has 0 amide bonds. The van der Waals surface area contributed by atoms with Gasteiger partial charge in [0.25, 0.3) is 0 Å². The second kappa shape index (κ2) is 7.89. The van der Waals surface area contributed by atoms with Crippen LogP contribution in [0.5, 0.6) is 0 Å². The first-order valence-electron chi connectivity index (χ1n) is 8.50. The second-order valence-electron chi connectivity index (χ2n) is 6.36. The van der Waals surface area contributed by atoms with E-state index in [1.165, 1.54) is 0 Å². The van der Waals surface area contributed by atoms with Crippen molar-refractivity contribution in [3.05, 3.63) is 34.9 Å². The molecule has 2 aromatic rings. The SMILES string of the molecule is O=C(O)c1c(N[C@H]2CCCCCC[C@@H]2O)noc1-c1ccc(Cl)cc1. The maximum absolute atomic E-state index is 11.8. The lowest BCUT2D eigenvalue weighted by Crippen LogP contribution is -2.35. The number of hydrogen-bond donors (Lipinski definition) is 3. The largest absolute Gasteiger partial charge is 0.477 e. The van der Waals surface area contributed by atoms with Crippen LogP contribution in [0.1, 0.15) is 48.9 Å². The molecule has 2 atom stereocenters. The molecular formula is C18H21ClN2O4. The Labute approximate surface area is 150 Å². The van der Waals surface area contributed by atoms with Crippen molar-refractivity contribution in [1.29, 1.82) is 0 Å². The van der Waals surface area contributed by atoms with E-state index in [0.29, 0.717) is 17.0 Å². The average molecular weight is 365 g/mol. The van der Waals surface area contributed by atoms with Gasteiger partial charge in [-0.3, -0.25) is 0 Å². The van der Waals surface area contributed by atoms with E-state index in [4.69, 9.17) is 16.1 Å². The monoisotopic (exact) mass is 364 g/mol. The van der Waals surface area contributed by atoms with Gasteiger partial charge in [0.1, 0.15) is 0 Å². The number of hydrogen-bond acceptors (Lipinski definition) is 5. The minimum Gasteiger partial charge on any atom is -0.477 e. The van der Waals surface area contributed by atoms with Crippen LogP contribution in [0.3, 0.4) is 0 Å². The first kappa shape index (κ1) is 17.8. The maximum Gasteiger partial charge on any atom is 0.343 e. The molecule has 1 saturated carbocycles. The van der Waals surface area contributed by atoms with E-state index in [1.807, 2.05) is 0 Å². The van der Waals surface area contributed by atoms with Gasteiger partial charge in [-0.15, -0.1) is 0 Å². The van der Waals surface area contributed by atoms with Crippen LogP contribution in [0.25, 0.3) is 11.3 Å². The zero-order valence-corrected chi connectivity index (χ0v) is 14.5. The third-order valence-electron chi connectivity index (χ3n) is 4.56. The molecule has 1 heterocycles. The number of aromatic nitrogens is 1. The number of aliphatic hydroxyl groups is 1. The molecule has 3 rings (SSSR count). The number of carboxylic acids is 1. The molecule has 1 fully saturated rings. The standard InChI is InChI=1S/C18H21ClN2O4/c19-12-9-7-11(8-10-12)16-15(18(23)24)17(21-25-16)20-13-5-3-1-2-4-6-14(13)22/h7-10,13-14,22H,1-6H2,(H,20,21)(H,23,24)/t13-,14-/m0/s1. The summed E-state index contributed by atoms with van der Waals surface area (Å²) in [6, 6.07) is 6.46. The van der Waals surface area contributed by atoms with E-state index in [2.05, 4.69) is 10.5 Å². The maximum atomic E-state index is 11.8. The summed E-state index contributed by atoms with van der Waals surface area (Å²) in [6.45, 7) is 0. The summed E-state index contributed by atoms with van der Waals surface area (Å²) in [5, 5.41) is 27.5. The summed E-state index contributed by atoms with van der Waals surface area (Å²) in [5.41, 5.74) is 0.553. The number of benzene rings is 1. The quantitative estimate of drug-likeness (QED) is 0.752. The van der Waals surface area contributed by atoms with Crippen molar-refractivity contribution in [1.82, 2.24) is 5.16 Å². The topological polar surface area (TPSA) is 95.6 Å². The summed E-state index contributed by atoms with van der Waals surface area (Å²) >= 11 is 5.88. The lowest BCUT2D eigenvalue weighted by molar-refractivity contribution is 0.0697. The Morgan fingerprint density at radius 1 is 1.16 bits per heavy atom. The molecule has 0 aliphatic heterocycles. The van der Waals surface area contributed by atoms with Crippen LogP contribution in [-0.4, -0.2) is 33.5 Å². The molecule has 0 radical (unpaired) electrons. The number of carboxylic acid groups (broad SMARTS) is 1. The predicted molar refractivity (Wildman–Crippen MR) is 95.0 cm³/mol. The molecule has 0 bridgehead atoms. The van der Waals surface area contributed by atoms with Crippen molar-refractivity contribution >= 4 is 23.4 Å². The molecule has 0 saturated heterocycles. The number of rotatable bonds is 4. The number of aliphatic hydroxyl groups excluding tert-OH is 1. The highest BCUT2D eigenvalue weighted by atomic mass is 35.5. The molecule has 1 aliphatic rings. The highest BCUT2D eigenvalue weighted by molar-refractivity contribution is 6.30. The van der Waals surface area contributed by atoms with Crippen LogP contribution in [-0.2, 0) is 0 Å². The molecule has 25 heavy (non-hydrogen) atoms. The first-order chi connectivity index (χ1) is 12.1. The van der Waals surface area contributed by atoms with Crippen molar-refractivity contribution in [3.8, 4) is 11.3 Å². The van der Waals surface area contributed by atoms with Crippen molar-refractivity contribution in [2.75, 3.05) is 5.32 Å². The number of nitrogens with zero attached hydrogens (tertiary/aromatic N) is 1. The highest BCUT2D eigenvalue weighted by Gasteiger charge is 2.28. The van der Waals surface area contributed by atoms with E-state index < -0.39 is 12.1 Å². The molecule has 7 heteroatoms. The molecule has 0 spiro atoms. The van der Waals surface area contributed by atoms with Crippen molar-refractivity contribution in [2.24, 2.45) is 0 Å². The number of halogens is 1. The molecule has 0 unspecified atom stereocenters. The second-order valence-corrected chi connectivity index (χ2v) is 6.79. The molecule has 1 aromatic carbocycles. The van der Waals surface area contributed by atoms with Crippen LogP contribution in [0.15, 0.2) is 28.8 Å². The third-order valence-corrected chi connectivity index (χ3v) is 4.82. The average Bonchev–Trinajstić information content (AvgIpc) is 2.99. The normalized spacial score (nSPS) is 21.4. The smallest absolute Gasteiger partial charge is 0.343 e. The Morgan fingerprint density at radius 2 is 1.84 bits per heavy atom. The van der Waals surface area contributed by atoms with Gasteiger partial charge in [0.05, 0.1) is 12.1 Å². The Kier molecular flexibility index (Phi) is 5.60. The Hall–Kier alpha value is -2.05. The highest BCUT2D eigenvalue weighted by Crippen LogP contribution is 2.31. The lowest BCUT2D eigenvalue weighted by Gasteiger charge is -2.26. The molecule has 134 valence electrons. The molecule has 3 N–H and O–H groups in total. The summed E-state index contributed by atoms with van der Waals surface area (Å²) < 4.78 is 5.30. The zero-order chi connectivity index (χ0) is 17.8. The van der Waals surface area contributed by atoms with Gasteiger partial charge >= 0.3 is 5.97 Å². The number of nitrogens with one attached hydrogen (secondary N) is 1. The van der Waals surface area contributed by atoms with E-state index in [1.54, 1.807) is 24.3 Å². The summed E-state index contributed by atoms with van der Waals surface area (Å²) in [7, 11) is 0. The fourth-order valence-electron chi connectivity index (χ4n) is 3.19. The van der Waals surface area contributed by atoms with E-state index in [0.717, 1.165) is 32.1 Å². The minimum atomic E-state index is -1.13. The number of carbonyl (C=O) groups is 1.